The molecule has 29 heteroatoms. The lowest BCUT2D eigenvalue weighted by molar-refractivity contribution is -0.145. The Morgan fingerprint density at radius 3 is 1.82 bits per heavy atom. The van der Waals surface area contributed by atoms with Crippen LogP contribution in [0.25, 0.3) is 0 Å². The van der Waals surface area contributed by atoms with Crippen molar-refractivity contribution in [1.82, 2.24) is 46.6 Å². The van der Waals surface area contributed by atoms with Crippen LogP contribution in [0.2, 0.25) is 0 Å². The highest BCUT2D eigenvalue weighted by Crippen LogP contribution is 2.13. The van der Waals surface area contributed by atoms with Gasteiger partial charge in [-0.1, -0.05) is 26.0 Å². The van der Waals surface area contributed by atoms with Crippen LogP contribution in [0.1, 0.15) is 123 Å². The van der Waals surface area contributed by atoms with E-state index in [0.717, 1.165) is 0 Å². The summed E-state index contributed by atoms with van der Waals surface area (Å²) in [5, 5.41) is 50.6. The number of hydrogen-bond donors (Lipinski definition) is 9. The number of tetrazole rings is 1. The number of aliphatic carboxylic acids is 3. The number of ketones is 2. The third-order valence-electron chi connectivity index (χ3n) is 10.0. The Morgan fingerprint density at radius 2 is 1.21 bits per heavy atom. The first kappa shape index (κ1) is 67.0. The van der Waals surface area contributed by atoms with Crippen LogP contribution in [0, 0.1) is 5.92 Å². The summed E-state index contributed by atoms with van der Waals surface area (Å²) < 4.78 is 46.9. The van der Waals surface area contributed by atoms with Gasteiger partial charge in [0, 0.05) is 71.1 Å². The monoisotopic (exact) mass is 1070 g/mol. The van der Waals surface area contributed by atoms with Crippen LogP contribution in [0.15, 0.2) is 0 Å². The van der Waals surface area contributed by atoms with Gasteiger partial charge in [0.2, 0.25) is 39.6 Å². The van der Waals surface area contributed by atoms with Crippen LogP contribution < -0.4 is 26.0 Å². The topological polar surface area (TPSA) is 417 Å². The van der Waals surface area contributed by atoms with Crippen LogP contribution in [-0.4, -0.2) is 187 Å². The molecule has 0 fully saturated rings. The molecule has 0 bridgehead atoms. The second kappa shape index (κ2) is 41.4. The van der Waals surface area contributed by atoms with E-state index in [2.05, 4.69) is 41.9 Å². The van der Waals surface area contributed by atoms with Crippen molar-refractivity contribution in [3.63, 3.8) is 0 Å². The molecule has 1 aromatic heterocycles. The maximum absolute atomic E-state index is 12.1. The number of nitrogens with one attached hydrogen (secondary N) is 6. The number of carboxylic acids is 3. The third-order valence-corrected chi connectivity index (χ3v) is 11.4. The molecule has 0 saturated heterocycles. The number of aryl methyl sites for hydroxylation is 1. The molecule has 0 aliphatic rings. The quantitative estimate of drug-likeness (QED) is 0.0367. The van der Waals surface area contributed by atoms with E-state index in [9.17, 15) is 66.6 Å². The average Bonchev–Trinajstić information content (AvgIpc) is 3.86. The molecular weight excluding hydrogens is 991 g/mol. The van der Waals surface area contributed by atoms with E-state index in [-0.39, 0.29) is 109 Å². The first-order chi connectivity index (χ1) is 34.7. The van der Waals surface area contributed by atoms with Gasteiger partial charge in [-0.05, 0) is 51.4 Å². The molecule has 0 aliphatic heterocycles. The number of sulfonamides is 1. The predicted octanol–water partition coefficient (Wildman–Crippen LogP) is -0.638. The van der Waals surface area contributed by atoms with Gasteiger partial charge in [0.15, 0.2) is 11.6 Å². The van der Waals surface area contributed by atoms with Crippen LogP contribution in [-0.2, 0) is 83.3 Å². The number of rotatable bonds is 44. The Bertz CT molecular complexity index is 1940. The fraction of sp³-hybridized carbons (Fsp3) is 0.750. The fourth-order valence-corrected chi connectivity index (χ4v) is 7.04. The first-order valence-corrected chi connectivity index (χ1v) is 25.8. The number of unbranched alkanes of at least 4 members (excludes halogenated alkanes) is 1. The maximum atomic E-state index is 12.1. The minimum Gasteiger partial charge on any atom is -0.481 e. The summed E-state index contributed by atoms with van der Waals surface area (Å²) >= 11 is 0. The number of aromatic nitrogens is 4. The lowest BCUT2D eigenvalue weighted by Gasteiger charge is -2.14. The van der Waals surface area contributed by atoms with Crippen LogP contribution in [0.5, 0.6) is 0 Å². The smallest absolute Gasteiger partial charge is 0.326 e. The van der Waals surface area contributed by atoms with Crippen molar-refractivity contribution in [3.05, 3.63) is 5.82 Å². The number of Topliss-reactive ketones (excluding diaryl/α,β-unsaturated/α-hetero) is 2. The van der Waals surface area contributed by atoms with Crippen LogP contribution in [0.4, 0.5) is 0 Å². The zero-order chi connectivity index (χ0) is 54.9. The van der Waals surface area contributed by atoms with Crippen LogP contribution in [0.3, 0.4) is 0 Å². The Kier molecular flexibility index (Phi) is 38.0. The molecule has 1 rings (SSSR count). The van der Waals surface area contributed by atoms with Crippen molar-refractivity contribution in [3.8, 4) is 0 Å². The number of amides is 5. The molecule has 0 aliphatic carbocycles. The normalized spacial score (nSPS) is 12.2. The number of carbonyl (C=O) groups is 10. The van der Waals surface area contributed by atoms with Crippen molar-refractivity contribution in [1.29, 1.82) is 0 Å². The van der Waals surface area contributed by atoms with Gasteiger partial charge in [-0.15, -0.1) is 10.2 Å². The minimum absolute atomic E-state index is 0.00000913. The second-order valence-electron chi connectivity index (χ2n) is 16.1. The minimum atomic E-state index is -3.89. The standard InChI is InChI=1S/C25H41N7O12S.C19H34N2O7/c1-2-19(25(39)40)27-22(35)9-8-17(24(37)38)15-18(33)16-44-13-12-43-11-10-26-21(34)7-4-14-45(41,42)30-23(36)6-3-5-20-28-31-32-29-20;1-3-15(22)8-7-11-27-12-13-28-14-18(24)21-16(19(25)26)9-5-6-10-20-17(23)4-2/h17,19H,2-16H2,1H3,(H,26,34)(H,27,35)(H,30,36)(H,37,38)(H,39,40)(H,28,29,31,32);16H,3-14H2,1-2H3,(H,20,23)(H,21,24)(H,25,26). The number of H-pyrrole nitrogens is 1. The second-order valence-corrected chi connectivity index (χ2v) is 18.0. The Hall–Kier alpha value is -6.04. The van der Waals surface area contributed by atoms with Crippen molar-refractivity contribution in [2.45, 2.75) is 136 Å². The van der Waals surface area contributed by atoms with E-state index in [1.807, 2.05) is 11.6 Å². The largest absolute Gasteiger partial charge is 0.481 e. The van der Waals surface area contributed by atoms with Gasteiger partial charge in [0.1, 0.15) is 31.1 Å². The average molecular weight is 1070 g/mol. The van der Waals surface area contributed by atoms with Gasteiger partial charge in [-0.2, -0.15) is 5.21 Å². The van der Waals surface area contributed by atoms with Crippen molar-refractivity contribution >= 4 is 69.0 Å². The van der Waals surface area contributed by atoms with E-state index in [1.54, 1.807) is 13.8 Å². The number of aromatic amines is 1. The molecule has 1 heterocycles. The van der Waals surface area contributed by atoms with E-state index in [4.69, 9.17) is 24.1 Å². The molecule has 73 heavy (non-hydrogen) atoms. The highest BCUT2D eigenvalue weighted by atomic mass is 32.2. The summed E-state index contributed by atoms with van der Waals surface area (Å²) in [6.45, 7) is 6.39. The number of hydrogen-bond acceptors (Lipinski definition) is 19. The molecule has 416 valence electrons. The zero-order valence-electron chi connectivity index (χ0n) is 41.9. The molecule has 5 amide bonds. The Balaban J connectivity index is 0.00000159. The van der Waals surface area contributed by atoms with Gasteiger partial charge < -0.3 is 55.5 Å². The number of carboxylic acid groups (broad SMARTS) is 3. The summed E-state index contributed by atoms with van der Waals surface area (Å²) in [5.74, 6) is -7.20. The van der Waals surface area contributed by atoms with Crippen molar-refractivity contribution < 1.29 is 90.6 Å². The van der Waals surface area contributed by atoms with E-state index >= 15 is 0 Å². The molecule has 0 saturated carbocycles. The SMILES string of the molecule is CCC(=O)CCCOCCOCC(=O)NC(CCCCNC(=O)CC)C(=O)O.CCC(NC(=O)CCC(CC(=O)COCCOCCNC(=O)CCCS(=O)(=O)NC(=O)CCCc1nn[nH]n1)C(=O)O)C(=O)O. The summed E-state index contributed by atoms with van der Waals surface area (Å²) in [7, 11) is -3.89. The first-order valence-electron chi connectivity index (χ1n) is 24.1. The van der Waals surface area contributed by atoms with Gasteiger partial charge in [-0.3, -0.25) is 43.1 Å². The summed E-state index contributed by atoms with van der Waals surface area (Å²) in [5.41, 5.74) is 0. The summed E-state index contributed by atoms with van der Waals surface area (Å²) in [6.07, 6.45) is 3.59. The molecule has 3 atom stereocenters. The molecule has 0 radical (unpaired) electrons. The van der Waals surface area contributed by atoms with Gasteiger partial charge >= 0.3 is 17.9 Å². The lowest BCUT2D eigenvalue weighted by atomic mass is 9.97. The van der Waals surface area contributed by atoms with E-state index < -0.39 is 81.1 Å². The molecule has 1 aromatic rings. The molecule has 28 nitrogen and oxygen atoms in total. The Morgan fingerprint density at radius 1 is 0.575 bits per heavy atom. The van der Waals surface area contributed by atoms with Crippen molar-refractivity contribution in [2.24, 2.45) is 5.92 Å². The summed E-state index contributed by atoms with van der Waals surface area (Å²) in [6, 6.07) is -2.05. The molecular formula is C44H75N9O19S. The molecule has 9 N–H and O–H groups in total. The van der Waals surface area contributed by atoms with E-state index in [1.165, 1.54) is 0 Å². The summed E-state index contributed by atoms with van der Waals surface area (Å²) in [4.78, 5) is 115. The maximum Gasteiger partial charge on any atom is 0.326 e. The zero-order valence-corrected chi connectivity index (χ0v) is 42.8. The van der Waals surface area contributed by atoms with E-state index in [0.29, 0.717) is 76.9 Å². The molecule has 3 unspecified atom stereocenters. The number of nitrogens with zero attached hydrogens (tertiary/aromatic N) is 3. The van der Waals surface area contributed by atoms with Crippen molar-refractivity contribution in [2.75, 3.05) is 71.7 Å². The van der Waals surface area contributed by atoms with Gasteiger partial charge in [0.25, 0.3) is 0 Å². The molecule has 0 spiro atoms. The van der Waals surface area contributed by atoms with Gasteiger partial charge in [-0.25, -0.2) is 18.0 Å². The van der Waals surface area contributed by atoms with Crippen LogP contribution >= 0.6 is 0 Å². The fourth-order valence-electron chi connectivity index (χ4n) is 5.96. The highest BCUT2D eigenvalue weighted by Gasteiger charge is 2.24. The third kappa shape index (κ3) is 38.3. The molecule has 0 aromatic carbocycles. The number of carbonyl (C=O) groups excluding carboxylic acids is 7. The predicted molar refractivity (Wildman–Crippen MR) is 256 cm³/mol. The number of ether oxygens (including phenoxy) is 4. The Labute approximate surface area is 424 Å². The highest BCUT2D eigenvalue weighted by molar-refractivity contribution is 7.90. The lowest BCUT2D eigenvalue weighted by Crippen LogP contribution is -2.42. The van der Waals surface area contributed by atoms with Gasteiger partial charge in [0.05, 0.1) is 44.7 Å².